The van der Waals surface area contributed by atoms with Crippen molar-refractivity contribution in [3.8, 4) is 17.2 Å². The van der Waals surface area contributed by atoms with Gasteiger partial charge in [-0.3, -0.25) is 0 Å². The first kappa shape index (κ1) is 17.6. The van der Waals surface area contributed by atoms with Crippen molar-refractivity contribution in [1.29, 1.82) is 0 Å². The van der Waals surface area contributed by atoms with Gasteiger partial charge in [0.05, 0.1) is 7.11 Å². The van der Waals surface area contributed by atoms with Crippen molar-refractivity contribution in [3.63, 3.8) is 0 Å². The van der Waals surface area contributed by atoms with Gasteiger partial charge in [0.1, 0.15) is 21.9 Å². The van der Waals surface area contributed by atoms with E-state index in [4.69, 9.17) is 9.15 Å². The summed E-state index contributed by atoms with van der Waals surface area (Å²) >= 11 is 3.20. The van der Waals surface area contributed by atoms with E-state index in [2.05, 4.69) is 27.1 Å². The lowest BCUT2D eigenvalue weighted by atomic mass is 9.89. The van der Waals surface area contributed by atoms with Crippen LogP contribution in [0.3, 0.4) is 0 Å². The molecule has 0 fully saturated rings. The number of aromatic nitrogens is 4. The fourth-order valence-electron chi connectivity index (χ4n) is 3.51. The van der Waals surface area contributed by atoms with Gasteiger partial charge >= 0.3 is 0 Å². The molecule has 6 nitrogen and oxygen atoms in total. The summed E-state index contributed by atoms with van der Waals surface area (Å²) in [5, 5.41) is 10.9. The average Bonchev–Trinajstić information content (AvgIpc) is 3.32. The van der Waals surface area contributed by atoms with Crippen molar-refractivity contribution in [3.05, 3.63) is 41.0 Å². The van der Waals surface area contributed by atoms with E-state index in [1.54, 1.807) is 24.8 Å². The molecule has 0 saturated carbocycles. The van der Waals surface area contributed by atoms with Crippen molar-refractivity contribution in [2.75, 3.05) is 7.11 Å². The van der Waals surface area contributed by atoms with Gasteiger partial charge in [-0.2, -0.15) is 0 Å². The summed E-state index contributed by atoms with van der Waals surface area (Å²) in [6, 6.07) is 7.55. The number of aryl methyl sites for hydroxylation is 1. The van der Waals surface area contributed by atoms with Crippen LogP contribution in [0.5, 0.6) is 5.75 Å². The number of hydrogen-bond acceptors (Lipinski definition) is 8. The Morgan fingerprint density at radius 1 is 1.18 bits per heavy atom. The second-order valence-corrected chi connectivity index (χ2v) is 8.94. The molecule has 0 aliphatic heterocycles. The number of rotatable bonds is 4. The Morgan fingerprint density at radius 3 is 2.86 bits per heavy atom. The lowest BCUT2D eigenvalue weighted by Gasteiger charge is -2.17. The highest BCUT2D eigenvalue weighted by molar-refractivity contribution is 7.99. The Labute approximate surface area is 170 Å². The van der Waals surface area contributed by atoms with E-state index in [0.29, 0.717) is 11.1 Å². The number of methoxy groups -OCH3 is 1. The van der Waals surface area contributed by atoms with Crippen LogP contribution in [0.4, 0.5) is 0 Å². The minimum absolute atomic E-state index is 0.481. The molecular weight excluding hydrogens is 392 g/mol. The van der Waals surface area contributed by atoms with Crippen LogP contribution in [-0.4, -0.2) is 27.3 Å². The van der Waals surface area contributed by atoms with Gasteiger partial charge in [0.2, 0.25) is 5.89 Å². The molecule has 8 heteroatoms. The maximum Gasteiger partial charge on any atom is 0.283 e. The lowest BCUT2D eigenvalue weighted by molar-refractivity contribution is 0.414. The molecule has 0 amide bonds. The maximum atomic E-state index is 5.88. The molecular formula is C20H18N4O2S2. The largest absolute Gasteiger partial charge is 0.497 e. The van der Waals surface area contributed by atoms with E-state index >= 15 is 0 Å². The highest BCUT2D eigenvalue weighted by Gasteiger charge is 2.24. The SMILES string of the molecule is COc1ccc(-c2nnc(Sc3ncnc4sc5c(c34)CC[C@H](C)C5)o2)cc1. The summed E-state index contributed by atoms with van der Waals surface area (Å²) in [6.07, 6.45) is 5.04. The van der Waals surface area contributed by atoms with Crippen LogP contribution in [0.15, 0.2) is 45.3 Å². The Hall–Kier alpha value is -2.45. The molecule has 28 heavy (non-hydrogen) atoms. The third-order valence-corrected chi connectivity index (χ3v) is 6.99. The standard InChI is InChI=1S/C20H18N4O2S2/c1-11-3-8-14-15(9-11)27-18-16(14)19(22-10-21-18)28-20-24-23-17(26-20)12-4-6-13(25-2)7-5-12/h4-7,10-11H,3,8-9H2,1-2H3/t11-/m0/s1. The molecule has 1 atom stereocenters. The molecule has 0 N–H and O–H groups in total. The summed E-state index contributed by atoms with van der Waals surface area (Å²) < 4.78 is 11.1. The number of benzene rings is 1. The van der Waals surface area contributed by atoms with Gasteiger partial charge in [-0.1, -0.05) is 6.92 Å². The molecule has 1 aromatic carbocycles. The molecule has 1 aliphatic carbocycles. The first-order chi connectivity index (χ1) is 13.7. The molecule has 0 saturated heterocycles. The second-order valence-electron chi connectivity index (χ2n) is 6.91. The van der Waals surface area contributed by atoms with Crippen molar-refractivity contribution in [2.24, 2.45) is 5.92 Å². The zero-order chi connectivity index (χ0) is 19.1. The Kier molecular flexibility index (Phi) is 4.52. The molecule has 0 bridgehead atoms. The van der Waals surface area contributed by atoms with E-state index in [-0.39, 0.29) is 0 Å². The van der Waals surface area contributed by atoms with Gasteiger partial charge < -0.3 is 9.15 Å². The minimum Gasteiger partial charge on any atom is -0.497 e. The van der Waals surface area contributed by atoms with Gasteiger partial charge in [0, 0.05) is 15.8 Å². The number of ether oxygens (including phenoxy) is 1. The number of nitrogens with zero attached hydrogens (tertiary/aromatic N) is 4. The predicted molar refractivity (Wildman–Crippen MR) is 109 cm³/mol. The molecule has 0 unspecified atom stereocenters. The van der Waals surface area contributed by atoms with Crippen molar-refractivity contribution in [1.82, 2.24) is 20.2 Å². The Balaban J connectivity index is 1.47. The average molecular weight is 411 g/mol. The molecule has 0 spiro atoms. The van der Waals surface area contributed by atoms with Crippen LogP contribution < -0.4 is 4.74 Å². The quantitative estimate of drug-likeness (QED) is 0.437. The number of fused-ring (bicyclic) bond motifs is 3. The van der Waals surface area contributed by atoms with Crippen LogP contribution in [0.25, 0.3) is 21.7 Å². The van der Waals surface area contributed by atoms with Crippen molar-refractivity contribution in [2.45, 2.75) is 36.4 Å². The summed E-state index contributed by atoms with van der Waals surface area (Å²) in [4.78, 5) is 11.5. The maximum absolute atomic E-state index is 5.88. The van der Waals surface area contributed by atoms with Crippen molar-refractivity contribution < 1.29 is 9.15 Å². The summed E-state index contributed by atoms with van der Waals surface area (Å²) in [6.45, 7) is 2.31. The van der Waals surface area contributed by atoms with Crippen LogP contribution in [0, 0.1) is 5.92 Å². The second kappa shape index (κ2) is 7.18. The first-order valence-corrected chi connectivity index (χ1v) is 10.8. The van der Waals surface area contributed by atoms with E-state index < -0.39 is 0 Å². The third-order valence-electron chi connectivity index (χ3n) is 4.98. The Morgan fingerprint density at radius 2 is 2.04 bits per heavy atom. The first-order valence-electron chi connectivity index (χ1n) is 9.12. The predicted octanol–water partition coefficient (Wildman–Crippen LogP) is 5.03. The van der Waals surface area contributed by atoms with E-state index in [0.717, 1.165) is 45.3 Å². The summed E-state index contributed by atoms with van der Waals surface area (Å²) in [7, 11) is 1.64. The summed E-state index contributed by atoms with van der Waals surface area (Å²) in [5.41, 5.74) is 2.26. The smallest absolute Gasteiger partial charge is 0.283 e. The zero-order valence-electron chi connectivity index (χ0n) is 15.5. The van der Waals surface area contributed by atoms with E-state index in [1.807, 2.05) is 24.3 Å². The fourth-order valence-corrected chi connectivity index (χ4v) is 5.71. The lowest BCUT2D eigenvalue weighted by Crippen LogP contribution is -2.08. The molecule has 0 radical (unpaired) electrons. The minimum atomic E-state index is 0.481. The van der Waals surface area contributed by atoms with Gasteiger partial charge in [-0.05, 0) is 66.8 Å². The highest BCUT2D eigenvalue weighted by atomic mass is 32.2. The van der Waals surface area contributed by atoms with E-state index in [9.17, 15) is 0 Å². The zero-order valence-corrected chi connectivity index (χ0v) is 17.1. The fraction of sp³-hybridized carbons (Fsp3) is 0.300. The van der Waals surface area contributed by atoms with Gasteiger partial charge in [-0.25, -0.2) is 9.97 Å². The number of hydrogen-bond donors (Lipinski definition) is 0. The van der Waals surface area contributed by atoms with Gasteiger partial charge in [0.25, 0.3) is 5.22 Å². The topological polar surface area (TPSA) is 73.9 Å². The molecule has 142 valence electrons. The molecule has 1 aliphatic rings. The monoisotopic (exact) mass is 410 g/mol. The highest BCUT2D eigenvalue weighted by Crippen LogP contribution is 2.42. The van der Waals surface area contributed by atoms with Gasteiger partial charge in [0.15, 0.2) is 0 Å². The molecule has 3 heterocycles. The van der Waals surface area contributed by atoms with Crippen LogP contribution in [0.1, 0.15) is 23.8 Å². The van der Waals surface area contributed by atoms with Crippen LogP contribution in [0.2, 0.25) is 0 Å². The Bertz CT molecular complexity index is 1140. The molecule has 5 rings (SSSR count). The van der Waals surface area contributed by atoms with Crippen LogP contribution in [-0.2, 0) is 12.8 Å². The molecule has 3 aromatic heterocycles. The van der Waals surface area contributed by atoms with E-state index in [1.165, 1.54) is 28.6 Å². The number of thiophene rings is 1. The normalized spacial score (nSPS) is 16.3. The molecule has 4 aromatic rings. The van der Waals surface area contributed by atoms with Gasteiger partial charge in [-0.15, -0.1) is 21.5 Å². The van der Waals surface area contributed by atoms with Crippen LogP contribution >= 0.6 is 23.1 Å². The summed E-state index contributed by atoms with van der Waals surface area (Å²) in [5.74, 6) is 2.00. The third kappa shape index (κ3) is 3.16. The van der Waals surface area contributed by atoms with Crippen molar-refractivity contribution >= 4 is 33.3 Å².